The maximum Gasteiger partial charge on any atom is 0.277 e. The lowest BCUT2D eigenvalue weighted by atomic mass is 10.1. The lowest BCUT2D eigenvalue weighted by Crippen LogP contribution is -2.24. The molecule has 3 aromatic rings. The molecular formula is C15H12N4O2. The third-order valence-electron chi connectivity index (χ3n) is 3.20. The second kappa shape index (κ2) is 5.16. The molecule has 2 N–H and O–H groups in total. The van der Waals surface area contributed by atoms with Crippen LogP contribution >= 0.6 is 0 Å². The van der Waals surface area contributed by atoms with Crippen molar-refractivity contribution in [2.75, 3.05) is 0 Å². The van der Waals surface area contributed by atoms with E-state index in [2.05, 4.69) is 10.3 Å². The molecular weight excluding hydrogens is 268 g/mol. The van der Waals surface area contributed by atoms with Crippen molar-refractivity contribution in [3.63, 3.8) is 0 Å². The van der Waals surface area contributed by atoms with Crippen molar-refractivity contribution < 1.29 is 4.79 Å². The van der Waals surface area contributed by atoms with Gasteiger partial charge in [-0.1, -0.05) is 29.5 Å². The van der Waals surface area contributed by atoms with Crippen LogP contribution in [0.3, 0.4) is 0 Å². The minimum atomic E-state index is -0.482. The summed E-state index contributed by atoms with van der Waals surface area (Å²) in [5.74, 6) is -0.482. The molecule has 0 aliphatic heterocycles. The summed E-state index contributed by atoms with van der Waals surface area (Å²) >= 11 is 0. The number of carbonyl (C=O) groups excluding carboxylic acids is 1. The Kier molecular flexibility index (Phi) is 3.19. The number of rotatable bonds is 3. The quantitative estimate of drug-likeness (QED) is 0.773. The van der Waals surface area contributed by atoms with Gasteiger partial charge in [0.05, 0.1) is 11.9 Å². The highest BCUT2D eigenvalue weighted by molar-refractivity contribution is 5.92. The lowest BCUT2D eigenvalue weighted by Gasteiger charge is -2.05. The highest BCUT2D eigenvalue weighted by Gasteiger charge is 2.06. The summed E-state index contributed by atoms with van der Waals surface area (Å²) in [6, 6.07) is 13.8. The largest absolute Gasteiger partial charge is 0.366 e. The Morgan fingerprint density at radius 2 is 1.81 bits per heavy atom. The molecule has 2 aromatic carbocycles. The third-order valence-corrected chi connectivity index (χ3v) is 3.20. The van der Waals surface area contributed by atoms with E-state index in [4.69, 9.17) is 5.73 Å². The second-order valence-electron chi connectivity index (χ2n) is 4.63. The molecule has 6 heteroatoms. The van der Waals surface area contributed by atoms with Gasteiger partial charge in [0.2, 0.25) is 5.91 Å². The normalized spacial score (nSPS) is 10.7. The van der Waals surface area contributed by atoms with Crippen LogP contribution < -0.4 is 11.3 Å². The Morgan fingerprint density at radius 1 is 1.10 bits per heavy atom. The number of primary amides is 1. The zero-order valence-corrected chi connectivity index (χ0v) is 11.1. The maximum atomic E-state index is 12.3. The summed E-state index contributed by atoms with van der Waals surface area (Å²) < 4.78 is 1.29. The van der Waals surface area contributed by atoms with Gasteiger partial charge in [0.1, 0.15) is 5.52 Å². The first-order valence-electron chi connectivity index (χ1n) is 6.36. The van der Waals surface area contributed by atoms with Gasteiger partial charge in [-0.3, -0.25) is 9.59 Å². The number of aromatic nitrogens is 3. The molecule has 0 saturated heterocycles. The van der Waals surface area contributed by atoms with Crippen LogP contribution in [0.5, 0.6) is 0 Å². The molecule has 1 heterocycles. The van der Waals surface area contributed by atoms with E-state index in [1.807, 2.05) is 6.07 Å². The van der Waals surface area contributed by atoms with Crippen molar-refractivity contribution in [3.05, 3.63) is 70.0 Å². The van der Waals surface area contributed by atoms with Crippen LogP contribution in [-0.2, 0) is 6.54 Å². The first kappa shape index (κ1) is 13.0. The topological polar surface area (TPSA) is 90.9 Å². The van der Waals surface area contributed by atoms with Crippen LogP contribution in [0.1, 0.15) is 15.9 Å². The van der Waals surface area contributed by atoms with Crippen LogP contribution in [-0.4, -0.2) is 20.9 Å². The van der Waals surface area contributed by atoms with E-state index in [-0.39, 0.29) is 12.1 Å². The Hall–Kier alpha value is -3.02. The van der Waals surface area contributed by atoms with Gasteiger partial charge in [0.15, 0.2) is 0 Å². The molecule has 104 valence electrons. The molecule has 21 heavy (non-hydrogen) atoms. The summed E-state index contributed by atoms with van der Waals surface area (Å²) in [6.45, 7) is 0.287. The Balaban J connectivity index is 1.96. The Bertz CT molecular complexity index is 869. The van der Waals surface area contributed by atoms with Crippen molar-refractivity contribution in [3.8, 4) is 0 Å². The average Bonchev–Trinajstić information content (AvgIpc) is 2.51. The number of carbonyl (C=O) groups is 1. The predicted octanol–water partition coefficient (Wildman–Crippen LogP) is 0.939. The van der Waals surface area contributed by atoms with Crippen molar-refractivity contribution in [2.45, 2.75) is 6.54 Å². The third kappa shape index (κ3) is 2.51. The number of benzene rings is 2. The average molecular weight is 280 g/mol. The van der Waals surface area contributed by atoms with E-state index in [1.165, 1.54) is 4.68 Å². The van der Waals surface area contributed by atoms with E-state index < -0.39 is 5.91 Å². The van der Waals surface area contributed by atoms with Gasteiger partial charge in [-0.15, -0.1) is 5.10 Å². The highest BCUT2D eigenvalue weighted by atomic mass is 16.1. The van der Waals surface area contributed by atoms with Crippen LogP contribution in [0.4, 0.5) is 0 Å². The standard InChI is InChI=1S/C15H12N4O2/c16-14(20)11-7-5-10(6-8-11)9-19-15(21)12-3-1-2-4-13(12)17-18-19/h1-8H,9H2,(H2,16,20). The number of fused-ring (bicyclic) bond motifs is 1. The number of hydrogen-bond acceptors (Lipinski definition) is 4. The Labute approximate surface area is 119 Å². The summed E-state index contributed by atoms with van der Waals surface area (Å²) in [4.78, 5) is 23.3. The second-order valence-corrected chi connectivity index (χ2v) is 4.63. The molecule has 0 fully saturated rings. The first-order chi connectivity index (χ1) is 10.1. The summed E-state index contributed by atoms with van der Waals surface area (Å²) in [5, 5.41) is 8.47. The Morgan fingerprint density at radius 3 is 2.52 bits per heavy atom. The fourth-order valence-corrected chi connectivity index (χ4v) is 2.07. The zero-order valence-electron chi connectivity index (χ0n) is 11.1. The zero-order chi connectivity index (χ0) is 14.8. The van der Waals surface area contributed by atoms with Crippen LogP contribution in [0, 0.1) is 0 Å². The summed E-state index contributed by atoms with van der Waals surface area (Å²) in [6.07, 6.45) is 0. The minimum absolute atomic E-state index is 0.195. The molecule has 1 amide bonds. The van der Waals surface area contributed by atoms with E-state index in [0.29, 0.717) is 16.5 Å². The predicted molar refractivity (Wildman–Crippen MR) is 77.9 cm³/mol. The molecule has 0 saturated carbocycles. The van der Waals surface area contributed by atoms with Crippen molar-refractivity contribution >= 4 is 16.8 Å². The van der Waals surface area contributed by atoms with E-state index in [0.717, 1.165) is 5.56 Å². The van der Waals surface area contributed by atoms with Crippen molar-refractivity contribution in [1.82, 2.24) is 15.0 Å². The van der Waals surface area contributed by atoms with Gasteiger partial charge in [-0.05, 0) is 29.8 Å². The number of nitrogens with zero attached hydrogens (tertiary/aromatic N) is 3. The number of nitrogens with two attached hydrogens (primary N) is 1. The molecule has 0 aliphatic rings. The van der Waals surface area contributed by atoms with E-state index >= 15 is 0 Å². The van der Waals surface area contributed by atoms with Crippen LogP contribution in [0.25, 0.3) is 10.9 Å². The van der Waals surface area contributed by atoms with Crippen molar-refractivity contribution in [2.24, 2.45) is 5.73 Å². The lowest BCUT2D eigenvalue weighted by molar-refractivity contribution is 0.100. The summed E-state index contributed by atoms with van der Waals surface area (Å²) in [5.41, 5.74) is 6.83. The molecule has 0 spiro atoms. The number of amides is 1. The highest BCUT2D eigenvalue weighted by Crippen LogP contribution is 2.07. The molecule has 0 bridgehead atoms. The molecule has 1 aromatic heterocycles. The van der Waals surface area contributed by atoms with Crippen LogP contribution in [0.15, 0.2) is 53.3 Å². The maximum absolute atomic E-state index is 12.3. The monoisotopic (exact) mass is 280 g/mol. The van der Waals surface area contributed by atoms with Gasteiger partial charge in [0, 0.05) is 5.56 Å². The summed E-state index contributed by atoms with van der Waals surface area (Å²) in [7, 11) is 0. The smallest absolute Gasteiger partial charge is 0.277 e. The SMILES string of the molecule is NC(=O)c1ccc(Cn2nnc3ccccc3c2=O)cc1. The molecule has 0 aliphatic carbocycles. The molecule has 6 nitrogen and oxygen atoms in total. The minimum Gasteiger partial charge on any atom is -0.366 e. The van der Waals surface area contributed by atoms with Gasteiger partial charge < -0.3 is 5.73 Å². The molecule has 0 unspecified atom stereocenters. The number of hydrogen-bond donors (Lipinski definition) is 1. The van der Waals surface area contributed by atoms with Crippen LogP contribution in [0.2, 0.25) is 0 Å². The van der Waals surface area contributed by atoms with Crippen molar-refractivity contribution in [1.29, 1.82) is 0 Å². The molecule has 0 radical (unpaired) electrons. The molecule has 3 rings (SSSR count). The fraction of sp³-hybridized carbons (Fsp3) is 0.0667. The van der Waals surface area contributed by atoms with Gasteiger partial charge in [0.25, 0.3) is 5.56 Å². The fourth-order valence-electron chi connectivity index (χ4n) is 2.07. The first-order valence-corrected chi connectivity index (χ1v) is 6.36. The molecule has 0 atom stereocenters. The van der Waals surface area contributed by atoms with Gasteiger partial charge >= 0.3 is 0 Å². The van der Waals surface area contributed by atoms with E-state index in [9.17, 15) is 9.59 Å². The van der Waals surface area contributed by atoms with Gasteiger partial charge in [-0.25, -0.2) is 4.68 Å². The van der Waals surface area contributed by atoms with E-state index in [1.54, 1.807) is 42.5 Å². The van der Waals surface area contributed by atoms with Gasteiger partial charge in [-0.2, -0.15) is 0 Å².